The van der Waals surface area contributed by atoms with Gasteiger partial charge in [0.05, 0.1) is 22.8 Å². The van der Waals surface area contributed by atoms with Gasteiger partial charge in [-0.3, -0.25) is 9.59 Å². The third-order valence-corrected chi connectivity index (χ3v) is 4.64. The lowest BCUT2D eigenvalue weighted by atomic mass is 10.2. The Morgan fingerprint density at radius 3 is 2.46 bits per heavy atom. The van der Waals surface area contributed by atoms with Gasteiger partial charge in [-0.05, 0) is 35.9 Å². The summed E-state index contributed by atoms with van der Waals surface area (Å²) in [6.45, 7) is 0.265. The van der Waals surface area contributed by atoms with Gasteiger partial charge in [0.1, 0.15) is 0 Å². The third-order valence-electron chi connectivity index (χ3n) is 3.72. The van der Waals surface area contributed by atoms with E-state index in [2.05, 4.69) is 5.32 Å². The highest BCUT2D eigenvalue weighted by Crippen LogP contribution is 2.25. The fourth-order valence-electron chi connectivity index (χ4n) is 2.38. The lowest BCUT2D eigenvalue weighted by Crippen LogP contribution is -2.22. The Kier molecular flexibility index (Phi) is 5.67. The van der Waals surface area contributed by atoms with Crippen molar-refractivity contribution in [2.24, 2.45) is 0 Å². The van der Waals surface area contributed by atoms with E-state index in [0.717, 1.165) is 5.56 Å². The molecule has 0 bridgehead atoms. The van der Waals surface area contributed by atoms with Crippen LogP contribution in [-0.2, 0) is 6.54 Å². The molecule has 1 heterocycles. The first-order valence-electron chi connectivity index (χ1n) is 7.64. The first-order chi connectivity index (χ1) is 12.4. The normalized spacial score (nSPS) is 10.6. The molecule has 0 saturated carbocycles. The molecule has 1 amide bonds. The summed E-state index contributed by atoms with van der Waals surface area (Å²) in [5, 5.41) is 4.06. The molecule has 4 nitrogen and oxygen atoms in total. The quantitative estimate of drug-likeness (QED) is 0.653. The molecular formula is C19H13Cl3N2O2. The van der Waals surface area contributed by atoms with Crippen molar-refractivity contribution in [3.8, 4) is 0 Å². The molecule has 2 aromatic carbocycles. The molecule has 26 heavy (non-hydrogen) atoms. The van der Waals surface area contributed by atoms with Crippen molar-refractivity contribution < 1.29 is 4.79 Å². The Hall–Kier alpha value is -2.27. The number of hydrogen-bond acceptors (Lipinski definition) is 2. The van der Waals surface area contributed by atoms with Crippen LogP contribution in [0.3, 0.4) is 0 Å². The van der Waals surface area contributed by atoms with Crippen LogP contribution in [0.25, 0.3) is 0 Å². The lowest BCUT2D eigenvalue weighted by Gasteiger charge is -2.11. The Balaban J connectivity index is 1.86. The topological polar surface area (TPSA) is 51.1 Å². The Morgan fingerprint density at radius 1 is 0.962 bits per heavy atom. The van der Waals surface area contributed by atoms with Crippen molar-refractivity contribution in [1.29, 1.82) is 0 Å². The number of hydrogen-bond donors (Lipinski definition) is 1. The van der Waals surface area contributed by atoms with Gasteiger partial charge in [-0.15, -0.1) is 0 Å². The molecular weight excluding hydrogens is 395 g/mol. The fourth-order valence-corrected chi connectivity index (χ4v) is 3.04. The highest BCUT2D eigenvalue weighted by molar-refractivity contribution is 6.36. The summed E-state index contributed by atoms with van der Waals surface area (Å²) in [6, 6.07) is 14.8. The van der Waals surface area contributed by atoms with Crippen molar-refractivity contribution in [2.45, 2.75) is 6.54 Å². The average molecular weight is 408 g/mol. The molecule has 0 aliphatic carbocycles. The third kappa shape index (κ3) is 4.28. The molecule has 0 fully saturated rings. The second-order valence-electron chi connectivity index (χ2n) is 5.55. The minimum Gasteiger partial charge on any atom is -0.321 e. The van der Waals surface area contributed by atoms with Crippen molar-refractivity contribution >= 4 is 46.4 Å². The van der Waals surface area contributed by atoms with Crippen LogP contribution in [-0.4, -0.2) is 10.5 Å². The fraction of sp³-hybridized carbons (Fsp3) is 0.0526. The largest absolute Gasteiger partial charge is 0.321 e. The maximum Gasteiger partial charge on any atom is 0.257 e. The maximum absolute atomic E-state index is 12.5. The van der Waals surface area contributed by atoms with E-state index in [9.17, 15) is 9.59 Å². The van der Waals surface area contributed by atoms with Gasteiger partial charge in [0.15, 0.2) is 0 Å². The van der Waals surface area contributed by atoms with Gasteiger partial charge in [0.2, 0.25) is 0 Å². The predicted molar refractivity (Wildman–Crippen MR) is 106 cm³/mol. The summed E-state index contributed by atoms with van der Waals surface area (Å²) < 4.78 is 1.43. The summed E-state index contributed by atoms with van der Waals surface area (Å²) in [5.74, 6) is -0.387. The number of pyridine rings is 1. The van der Waals surface area contributed by atoms with Crippen molar-refractivity contribution in [3.05, 3.63) is 97.3 Å². The molecule has 0 radical (unpaired) electrons. The molecule has 0 spiro atoms. The van der Waals surface area contributed by atoms with Crippen LogP contribution in [0, 0.1) is 0 Å². The van der Waals surface area contributed by atoms with Gasteiger partial charge in [-0.2, -0.15) is 0 Å². The molecule has 0 atom stereocenters. The predicted octanol–water partition coefficient (Wildman–Crippen LogP) is 5.11. The van der Waals surface area contributed by atoms with Gasteiger partial charge in [0.25, 0.3) is 11.5 Å². The van der Waals surface area contributed by atoms with Crippen LogP contribution in [0.2, 0.25) is 15.1 Å². The zero-order chi connectivity index (χ0) is 18.7. The van der Waals surface area contributed by atoms with E-state index >= 15 is 0 Å². The molecule has 0 aliphatic rings. The summed E-state index contributed by atoms with van der Waals surface area (Å²) in [7, 11) is 0. The molecule has 7 heteroatoms. The zero-order valence-corrected chi connectivity index (χ0v) is 15.6. The molecule has 132 valence electrons. The molecule has 0 unspecified atom stereocenters. The number of carbonyl (C=O) groups excluding carboxylic acids is 1. The van der Waals surface area contributed by atoms with Crippen molar-refractivity contribution in [3.63, 3.8) is 0 Å². The number of anilines is 1. The van der Waals surface area contributed by atoms with Crippen molar-refractivity contribution in [1.82, 2.24) is 4.57 Å². The molecule has 0 aliphatic heterocycles. The second-order valence-corrected chi connectivity index (χ2v) is 6.80. The van der Waals surface area contributed by atoms with Crippen LogP contribution >= 0.6 is 34.8 Å². The molecule has 1 N–H and O–H groups in total. The molecule has 0 saturated heterocycles. The highest BCUT2D eigenvalue weighted by Gasteiger charge is 2.11. The summed E-state index contributed by atoms with van der Waals surface area (Å²) in [6.07, 6.45) is 1.49. The number of rotatable bonds is 4. The van der Waals surface area contributed by atoms with Gasteiger partial charge >= 0.3 is 0 Å². The molecule has 3 aromatic rings. The number of benzene rings is 2. The Labute approximate surface area is 164 Å². The van der Waals surface area contributed by atoms with Crippen LogP contribution in [0.4, 0.5) is 5.69 Å². The van der Waals surface area contributed by atoms with Crippen molar-refractivity contribution in [2.75, 3.05) is 5.32 Å². The van der Waals surface area contributed by atoms with Crippen LogP contribution in [0.15, 0.2) is 65.6 Å². The minimum atomic E-state index is -0.387. The first-order valence-corrected chi connectivity index (χ1v) is 8.78. The van der Waals surface area contributed by atoms with Gasteiger partial charge in [-0.1, -0.05) is 53.0 Å². The Morgan fingerprint density at radius 2 is 1.73 bits per heavy atom. The van der Waals surface area contributed by atoms with Gasteiger partial charge < -0.3 is 9.88 Å². The van der Waals surface area contributed by atoms with E-state index < -0.39 is 0 Å². The number of amides is 1. The smallest absolute Gasteiger partial charge is 0.257 e. The summed E-state index contributed by atoms with van der Waals surface area (Å²) in [5.41, 5.74) is 1.31. The monoisotopic (exact) mass is 406 g/mol. The highest BCUT2D eigenvalue weighted by atomic mass is 35.5. The number of nitrogens with one attached hydrogen (secondary N) is 1. The first kappa shape index (κ1) is 18.5. The lowest BCUT2D eigenvalue weighted by molar-refractivity contribution is 0.102. The second kappa shape index (κ2) is 7.96. The average Bonchev–Trinajstić information content (AvgIpc) is 2.61. The number of halogens is 3. The standard InChI is InChI=1S/C19H13Cl3N2O2/c20-14-6-7-17(16(22)9-14)23-19(26)13-5-8-18(25)24(11-13)10-12-3-1-2-4-15(12)21/h1-9,11H,10H2,(H,23,26). The number of carbonyl (C=O) groups is 1. The maximum atomic E-state index is 12.5. The van der Waals surface area contributed by atoms with E-state index in [-0.39, 0.29) is 18.0 Å². The zero-order valence-electron chi connectivity index (χ0n) is 13.4. The van der Waals surface area contributed by atoms with E-state index in [1.54, 1.807) is 18.2 Å². The molecule has 3 rings (SSSR count). The Bertz CT molecular complexity index is 1030. The van der Waals surface area contributed by atoms with E-state index in [0.29, 0.717) is 26.3 Å². The van der Waals surface area contributed by atoms with Crippen LogP contribution < -0.4 is 10.9 Å². The summed E-state index contributed by atoms with van der Waals surface area (Å²) >= 11 is 18.1. The SMILES string of the molecule is O=C(Nc1ccc(Cl)cc1Cl)c1ccc(=O)n(Cc2ccccc2Cl)c1. The van der Waals surface area contributed by atoms with Gasteiger partial charge in [0, 0.05) is 22.3 Å². The van der Waals surface area contributed by atoms with E-state index in [1.807, 2.05) is 18.2 Å². The van der Waals surface area contributed by atoms with E-state index in [4.69, 9.17) is 34.8 Å². The van der Waals surface area contributed by atoms with Crippen LogP contribution in [0.1, 0.15) is 15.9 Å². The number of nitrogens with zero attached hydrogens (tertiary/aromatic N) is 1. The van der Waals surface area contributed by atoms with E-state index in [1.165, 1.54) is 29.0 Å². The minimum absolute atomic E-state index is 0.231. The molecule has 1 aromatic heterocycles. The van der Waals surface area contributed by atoms with Gasteiger partial charge in [-0.25, -0.2) is 0 Å². The number of aromatic nitrogens is 1. The van der Waals surface area contributed by atoms with Crippen LogP contribution in [0.5, 0.6) is 0 Å². The summed E-state index contributed by atoms with van der Waals surface area (Å²) in [4.78, 5) is 24.6.